The first-order chi connectivity index (χ1) is 10.7. The third-order valence-electron chi connectivity index (χ3n) is 3.95. The highest BCUT2D eigenvalue weighted by Crippen LogP contribution is 2.27. The lowest BCUT2D eigenvalue weighted by molar-refractivity contribution is 0.0663. The molecule has 4 nitrogen and oxygen atoms in total. The maximum Gasteiger partial charge on any atom is 0.254 e. The average molecular weight is 335 g/mol. The minimum Gasteiger partial charge on any atom is -0.336 e. The SMILES string of the molecule is CN1CCN(C(=O)c2ccccc2CSC2=NCCS2)CC1. The van der Waals surface area contributed by atoms with Crippen LogP contribution in [0.15, 0.2) is 29.3 Å². The summed E-state index contributed by atoms with van der Waals surface area (Å²) in [6.07, 6.45) is 0. The fourth-order valence-corrected chi connectivity index (χ4v) is 4.59. The largest absolute Gasteiger partial charge is 0.336 e. The quantitative estimate of drug-likeness (QED) is 0.850. The third kappa shape index (κ3) is 3.86. The molecule has 0 aromatic heterocycles. The van der Waals surface area contributed by atoms with Gasteiger partial charge in [0, 0.05) is 43.2 Å². The summed E-state index contributed by atoms with van der Waals surface area (Å²) in [7, 11) is 2.10. The van der Waals surface area contributed by atoms with Crippen molar-refractivity contribution in [1.29, 1.82) is 0 Å². The molecule has 22 heavy (non-hydrogen) atoms. The van der Waals surface area contributed by atoms with Crippen LogP contribution in [0.4, 0.5) is 0 Å². The molecular formula is C16H21N3OS2. The summed E-state index contributed by atoms with van der Waals surface area (Å²) in [6.45, 7) is 4.47. The molecular weight excluding hydrogens is 314 g/mol. The molecule has 1 saturated heterocycles. The van der Waals surface area contributed by atoms with E-state index >= 15 is 0 Å². The van der Waals surface area contributed by atoms with Gasteiger partial charge in [-0.2, -0.15) is 0 Å². The van der Waals surface area contributed by atoms with Crippen molar-refractivity contribution in [3.63, 3.8) is 0 Å². The lowest BCUT2D eigenvalue weighted by atomic mass is 10.1. The molecule has 0 unspecified atom stereocenters. The number of rotatable bonds is 3. The number of carbonyl (C=O) groups excluding carboxylic acids is 1. The Hall–Kier alpha value is -0.980. The lowest BCUT2D eigenvalue weighted by Gasteiger charge is -2.32. The second-order valence-electron chi connectivity index (χ2n) is 5.54. The van der Waals surface area contributed by atoms with Crippen LogP contribution in [0.3, 0.4) is 0 Å². The molecule has 0 spiro atoms. The molecule has 6 heteroatoms. The van der Waals surface area contributed by atoms with Crippen LogP contribution in [0.25, 0.3) is 0 Å². The van der Waals surface area contributed by atoms with E-state index in [1.807, 2.05) is 34.9 Å². The van der Waals surface area contributed by atoms with Crippen LogP contribution < -0.4 is 0 Å². The van der Waals surface area contributed by atoms with Gasteiger partial charge >= 0.3 is 0 Å². The van der Waals surface area contributed by atoms with Crippen molar-refractivity contribution >= 4 is 33.8 Å². The monoisotopic (exact) mass is 335 g/mol. The molecule has 1 fully saturated rings. The van der Waals surface area contributed by atoms with E-state index in [1.165, 1.54) is 0 Å². The molecule has 1 aromatic carbocycles. The Labute approximate surface area is 140 Å². The number of carbonyl (C=O) groups is 1. The number of piperazine rings is 1. The Morgan fingerprint density at radius 3 is 2.77 bits per heavy atom. The topological polar surface area (TPSA) is 35.9 Å². The number of nitrogens with zero attached hydrogens (tertiary/aromatic N) is 3. The summed E-state index contributed by atoms with van der Waals surface area (Å²) in [4.78, 5) is 21.5. The van der Waals surface area contributed by atoms with Gasteiger partial charge in [-0.15, -0.1) is 0 Å². The van der Waals surface area contributed by atoms with Crippen molar-refractivity contribution in [3.05, 3.63) is 35.4 Å². The smallest absolute Gasteiger partial charge is 0.254 e. The zero-order valence-corrected chi connectivity index (χ0v) is 14.5. The van der Waals surface area contributed by atoms with Crippen LogP contribution in [-0.4, -0.2) is 65.6 Å². The number of thioether (sulfide) groups is 2. The van der Waals surface area contributed by atoms with E-state index in [-0.39, 0.29) is 5.91 Å². The molecule has 2 aliphatic heterocycles. The molecule has 0 atom stereocenters. The number of amides is 1. The van der Waals surface area contributed by atoms with Crippen LogP contribution in [0.5, 0.6) is 0 Å². The highest BCUT2D eigenvalue weighted by atomic mass is 32.2. The van der Waals surface area contributed by atoms with E-state index in [1.54, 1.807) is 11.8 Å². The zero-order chi connectivity index (χ0) is 15.4. The van der Waals surface area contributed by atoms with Gasteiger partial charge in [0.1, 0.15) is 4.38 Å². The van der Waals surface area contributed by atoms with Crippen molar-refractivity contribution in [2.75, 3.05) is 45.5 Å². The predicted octanol–water partition coefficient (Wildman–Crippen LogP) is 2.41. The van der Waals surface area contributed by atoms with E-state index < -0.39 is 0 Å². The molecule has 2 aliphatic rings. The number of hydrogen-bond donors (Lipinski definition) is 0. The van der Waals surface area contributed by atoms with E-state index in [0.29, 0.717) is 0 Å². The second kappa shape index (κ2) is 7.53. The molecule has 0 N–H and O–H groups in total. The minimum absolute atomic E-state index is 0.172. The molecule has 0 aliphatic carbocycles. The van der Waals surface area contributed by atoms with Crippen molar-refractivity contribution in [3.8, 4) is 0 Å². The van der Waals surface area contributed by atoms with Crippen molar-refractivity contribution in [2.45, 2.75) is 5.75 Å². The molecule has 118 valence electrons. The van der Waals surface area contributed by atoms with E-state index in [9.17, 15) is 4.79 Å². The standard InChI is InChI=1S/C16H21N3OS2/c1-18-7-9-19(10-8-18)15(20)14-5-3-2-4-13(14)12-22-16-17-6-11-21-16/h2-5H,6-12H2,1H3. The van der Waals surface area contributed by atoms with Crippen LogP contribution >= 0.6 is 23.5 Å². The number of aliphatic imine (C=N–C) groups is 1. The first-order valence-electron chi connectivity index (χ1n) is 7.60. The van der Waals surface area contributed by atoms with E-state index in [0.717, 1.165) is 59.7 Å². The molecule has 2 heterocycles. The Morgan fingerprint density at radius 2 is 2.05 bits per heavy atom. The summed E-state index contributed by atoms with van der Waals surface area (Å²) >= 11 is 3.57. The molecule has 1 amide bonds. The van der Waals surface area contributed by atoms with Gasteiger partial charge in [0.05, 0.1) is 6.54 Å². The zero-order valence-electron chi connectivity index (χ0n) is 12.8. The summed E-state index contributed by atoms with van der Waals surface area (Å²) in [5, 5.41) is 0. The van der Waals surface area contributed by atoms with Crippen molar-refractivity contribution in [2.24, 2.45) is 4.99 Å². The van der Waals surface area contributed by atoms with Gasteiger partial charge in [-0.25, -0.2) is 0 Å². The van der Waals surface area contributed by atoms with Crippen molar-refractivity contribution < 1.29 is 4.79 Å². The first kappa shape index (κ1) is 15.9. The van der Waals surface area contributed by atoms with E-state index in [4.69, 9.17) is 0 Å². The number of likely N-dealkylation sites (N-methyl/N-ethyl adjacent to an activating group) is 1. The molecule has 0 radical (unpaired) electrons. The molecule has 0 saturated carbocycles. The maximum atomic E-state index is 12.8. The Morgan fingerprint density at radius 1 is 1.27 bits per heavy atom. The summed E-state index contributed by atoms with van der Waals surface area (Å²) in [5.74, 6) is 2.08. The van der Waals surface area contributed by atoms with E-state index in [2.05, 4.69) is 23.0 Å². The Kier molecular flexibility index (Phi) is 5.44. The van der Waals surface area contributed by atoms with Crippen LogP contribution in [0.2, 0.25) is 0 Å². The van der Waals surface area contributed by atoms with Gasteiger partial charge in [-0.1, -0.05) is 41.7 Å². The maximum absolute atomic E-state index is 12.8. The summed E-state index contributed by atoms with van der Waals surface area (Å²) in [6, 6.07) is 8.00. The Balaban J connectivity index is 1.68. The highest BCUT2D eigenvalue weighted by Gasteiger charge is 2.22. The van der Waals surface area contributed by atoms with Gasteiger partial charge in [0.2, 0.25) is 0 Å². The van der Waals surface area contributed by atoms with Crippen LogP contribution in [-0.2, 0) is 5.75 Å². The van der Waals surface area contributed by atoms with Crippen LogP contribution in [0, 0.1) is 0 Å². The summed E-state index contributed by atoms with van der Waals surface area (Å²) in [5.41, 5.74) is 1.97. The fraction of sp³-hybridized carbons (Fsp3) is 0.500. The average Bonchev–Trinajstić information content (AvgIpc) is 3.07. The molecule has 3 rings (SSSR count). The van der Waals surface area contributed by atoms with Gasteiger partial charge < -0.3 is 9.80 Å². The Bertz CT molecular complexity index is 568. The second-order valence-corrected chi connectivity index (χ2v) is 7.84. The highest BCUT2D eigenvalue weighted by molar-refractivity contribution is 8.38. The fourth-order valence-electron chi connectivity index (χ4n) is 2.58. The molecule has 1 aromatic rings. The molecule has 0 bridgehead atoms. The van der Waals surface area contributed by atoms with Crippen LogP contribution in [0.1, 0.15) is 15.9 Å². The lowest BCUT2D eigenvalue weighted by Crippen LogP contribution is -2.47. The third-order valence-corrected chi connectivity index (χ3v) is 6.25. The number of benzene rings is 1. The summed E-state index contributed by atoms with van der Waals surface area (Å²) < 4.78 is 1.15. The predicted molar refractivity (Wildman–Crippen MR) is 95.9 cm³/mol. The van der Waals surface area contributed by atoms with Gasteiger partial charge in [0.25, 0.3) is 5.91 Å². The van der Waals surface area contributed by atoms with Crippen molar-refractivity contribution in [1.82, 2.24) is 9.80 Å². The van der Waals surface area contributed by atoms with Gasteiger partial charge in [-0.3, -0.25) is 9.79 Å². The van der Waals surface area contributed by atoms with Gasteiger partial charge in [-0.05, 0) is 18.7 Å². The number of hydrogen-bond acceptors (Lipinski definition) is 5. The minimum atomic E-state index is 0.172. The van der Waals surface area contributed by atoms with Gasteiger partial charge in [0.15, 0.2) is 0 Å². The first-order valence-corrected chi connectivity index (χ1v) is 9.57. The normalized spacial score (nSPS) is 19.3.